The minimum absolute atomic E-state index is 0.0547. The van der Waals surface area contributed by atoms with Crippen LogP contribution in [0.25, 0.3) is 10.8 Å². The number of nitrogens with one attached hydrogen (secondary N) is 1. The number of Topliss-reactive ketones (excluding diaryl/α,β-unsaturated/α-hetero) is 1. The number of hydrogen-bond donors (Lipinski definition) is 1. The molecular formula is C24H25N3O2. The second-order valence-electron chi connectivity index (χ2n) is 7.14. The van der Waals surface area contributed by atoms with Gasteiger partial charge in [0, 0.05) is 37.1 Å². The number of carbonyl (C=O) groups is 1. The third-order valence-electron chi connectivity index (χ3n) is 5.25. The first kappa shape index (κ1) is 19.2. The molecule has 1 fully saturated rings. The summed E-state index contributed by atoms with van der Waals surface area (Å²) in [7, 11) is 1.71. The molecule has 1 aliphatic heterocycles. The SMILES string of the molecule is COc1c(C(=Nc2ccc(C(C)=O)cc2)N2CCNCC2)ccc2ccccc12. The van der Waals surface area contributed by atoms with E-state index in [0.717, 1.165) is 59.8 Å². The zero-order valence-corrected chi connectivity index (χ0v) is 16.8. The molecule has 0 atom stereocenters. The standard InChI is InChI=1S/C24H25N3O2/c1-17(28)18-7-10-20(11-8-18)26-24(27-15-13-25-14-16-27)22-12-9-19-5-3-4-6-21(19)23(22)29-2/h3-12,25H,13-16H2,1-2H3. The van der Waals surface area contributed by atoms with Crippen molar-refractivity contribution in [3.05, 3.63) is 71.8 Å². The van der Waals surface area contributed by atoms with E-state index in [1.54, 1.807) is 14.0 Å². The molecule has 1 saturated heterocycles. The molecule has 0 aromatic heterocycles. The molecule has 3 aromatic carbocycles. The Morgan fingerprint density at radius 3 is 2.41 bits per heavy atom. The molecule has 0 aliphatic carbocycles. The van der Waals surface area contributed by atoms with E-state index in [1.807, 2.05) is 36.4 Å². The molecule has 0 spiro atoms. The molecule has 148 valence electrons. The van der Waals surface area contributed by atoms with Crippen LogP contribution < -0.4 is 10.1 Å². The summed E-state index contributed by atoms with van der Waals surface area (Å²) in [5.41, 5.74) is 2.48. The molecule has 0 unspecified atom stereocenters. The van der Waals surface area contributed by atoms with E-state index in [9.17, 15) is 4.79 Å². The Bertz CT molecular complexity index is 1050. The van der Waals surface area contributed by atoms with Crippen molar-refractivity contribution in [2.24, 2.45) is 4.99 Å². The first-order valence-electron chi connectivity index (χ1n) is 9.89. The fourth-order valence-corrected chi connectivity index (χ4v) is 3.71. The van der Waals surface area contributed by atoms with Crippen LogP contribution in [-0.4, -0.2) is 49.8 Å². The number of methoxy groups -OCH3 is 1. The van der Waals surface area contributed by atoms with E-state index in [1.165, 1.54) is 0 Å². The number of benzene rings is 3. The van der Waals surface area contributed by atoms with Gasteiger partial charge in [-0.2, -0.15) is 0 Å². The van der Waals surface area contributed by atoms with E-state index in [4.69, 9.17) is 9.73 Å². The minimum atomic E-state index is 0.0547. The Hall–Kier alpha value is -3.18. The van der Waals surface area contributed by atoms with Gasteiger partial charge >= 0.3 is 0 Å². The van der Waals surface area contributed by atoms with Gasteiger partial charge in [-0.15, -0.1) is 0 Å². The first-order valence-corrected chi connectivity index (χ1v) is 9.89. The summed E-state index contributed by atoms with van der Waals surface area (Å²) in [5.74, 6) is 1.78. The predicted octanol–water partition coefficient (Wildman–Crippen LogP) is 4.03. The van der Waals surface area contributed by atoms with Gasteiger partial charge in [-0.3, -0.25) is 4.79 Å². The lowest BCUT2D eigenvalue weighted by atomic mass is 10.0. The van der Waals surface area contributed by atoms with Crippen LogP contribution in [0.3, 0.4) is 0 Å². The highest BCUT2D eigenvalue weighted by molar-refractivity contribution is 6.07. The quantitative estimate of drug-likeness (QED) is 0.417. The number of aliphatic imine (C=N–C) groups is 1. The maximum absolute atomic E-state index is 11.6. The highest BCUT2D eigenvalue weighted by Crippen LogP contribution is 2.32. The van der Waals surface area contributed by atoms with Crippen molar-refractivity contribution in [1.82, 2.24) is 10.2 Å². The topological polar surface area (TPSA) is 53.9 Å². The predicted molar refractivity (Wildman–Crippen MR) is 118 cm³/mol. The molecule has 1 aliphatic rings. The summed E-state index contributed by atoms with van der Waals surface area (Å²) in [6, 6.07) is 19.9. The Kier molecular flexibility index (Phi) is 5.58. The van der Waals surface area contributed by atoms with Crippen LogP contribution in [0.5, 0.6) is 5.75 Å². The van der Waals surface area contributed by atoms with Crippen molar-refractivity contribution < 1.29 is 9.53 Å². The van der Waals surface area contributed by atoms with E-state index in [-0.39, 0.29) is 5.78 Å². The maximum Gasteiger partial charge on any atom is 0.159 e. The number of piperazine rings is 1. The fourth-order valence-electron chi connectivity index (χ4n) is 3.71. The van der Waals surface area contributed by atoms with Gasteiger partial charge in [-0.25, -0.2) is 4.99 Å². The summed E-state index contributed by atoms with van der Waals surface area (Å²) >= 11 is 0. The molecule has 3 aromatic rings. The zero-order chi connectivity index (χ0) is 20.2. The van der Waals surface area contributed by atoms with Gasteiger partial charge in [0.25, 0.3) is 0 Å². The van der Waals surface area contributed by atoms with Crippen molar-refractivity contribution in [2.45, 2.75) is 6.92 Å². The van der Waals surface area contributed by atoms with Crippen molar-refractivity contribution in [3.63, 3.8) is 0 Å². The Labute approximate surface area is 171 Å². The maximum atomic E-state index is 11.6. The largest absolute Gasteiger partial charge is 0.495 e. The number of hydrogen-bond acceptors (Lipinski definition) is 4. The number of carbonyl (C=O) groups excluding carboxylic acids is 1. The number of rotatable bonds is 4. The Morgan fingerprint density at radius 1 is 1.00 bits per heavy atom. The van der Waals surface area contributed by atoms with Crippen LogP contribution in [0.1, 0.15) is 22.8 Å². The molecule has 0 amide bonds. The average Bonchev–Trinajstić information content (AvgIpc) is 2.77. The lowest BCUT2D eigenvalue weighted by Gasteiger charge is -2.31. The second-order valence-corrected chi connectivity index (χ2v) is 7.14. The average molecular weight is 387 g/mol. The zero-order valence-electron chi connectivity index (χ0n) is 16.8. The number of nitrogens with zero attached hydrogens (tertiary/aromatic N) is 2. The number of ketones is 1. The first-order chi connectivity index (χ1) is 14.2. The van der Waals surface area contributed by atoms with E-state index < -0.39 is 0 Å². The summed E-state index contributed by atoms with van der Waals surface area (Å²) in [5, 5.41) is 5.61. The van der Waals surface area contributed by atoms with Crippen molar-refractivity contribution in [1.29, 1.82) is 0 Å². The van der Waals surface area contributed by atoms with Crippen LogP contribution in [0, 0.1) is 0 Å². The number of fused-ring (bicyclic) bond motifs is 1. The van der Waals surface area contributed by atoms with Gasteiger partial charge in [-0.05, 0) is 42.6 Å². The van der Waals surface area contributed by atoms with Crippen molar-refractivity contribution >= 4 is 28.1 Å². The Morgan fingerprint density at radius 2 is 1.72 bits per heavy atom. The van der Waals surface area contributed by atoms with Gasteiger partial charge in [0.1, 0.15) is 11.6 Å². The molecule has 0 saturated carbocycles. The molecule has 5 nitrogen and oxygen atoms in total. The van der Waals surface area contributed by atoms with Gasteiger partial charge in [0.2, 0.25) is 0 Å². The second kappa shape index (κ2) is 8.45. The number of amidine groups is 1. The molecule has 5 heteroatoms. The van der Waals surface area contributed by atoms with Crippen LogP contribution in [-0.2, 0) is 0 Å². The smallest absolute Gasteiger partial charge is 0.159 e. The molecule has 4 rings (SSSR count). The summed E-state index contributed by atoms with van der Waals surface area (Å²) in [6.07, 6.45) is 0. The third kappa shape index (κ3) is 4.00. The van der Waals surface area contributed by atoms with Crippen LogP contribution >= 0.6 is 0 Å². The summed E-state index contributed by atoms with van der Waals surface area (Å²) in [4.78, 5) is 18.9. The van der Waals surface area contributed by atoms with E-state index in [0.29, 0.717) is 5.56 Å². The highest BCUT2D eigenvalue weighted by atomic mass is 16.5. The van der Waals surface area contributed by atoms with Crippen molar-refractivity contribution in [3.8, 4) is 5.75 Å². The van der Waals surface area contributed by atoms with E-state index >= 15 is 0 Å². The van der Waals surface area contributed by atoms with E-state index in [2.05, 4.69) is 34.5 Å². The lowest BCUT2D eigenvalue weighted by molar-refractivity contribution is 0.101. The fraction of sp³-hybridized carbons (Fsp3) is 0.250. The summed E-state index contributed by atoms with van der Waals surface area (Å²) < 4.78 is 5.85. The van der Waals surface area contributed by atoms with Gasteiger partial charge in [-0.1, -0.05) is 30.3 Å². The van der Waals surface area contributed by atoms with Crippen LogP contribution in [0.15, 0.2) is 65.7 Å². The van der Waals surface area contributed by atoms with Gasteiger partial charge < -0.3 is 15.0 Å². The molecule has 1 N–H and O–H groups in total. The molecular weight excluding hydrogens is 362 g/mol. The lowest BCUT2D eigenvalue weighted by Crippen LogP contribution is -2.46. The Balaban J connectivity index is 1.84. The summed E-state index contributed by atoms with van der Waals surface area (Å²) in [6.45, 7) is 5.15. The third-order valence-corrected chi connectivity index (χ3v) is 5.25. The van der Waals surface area contributed by atoms with Crippen LogP contribution in [0.4, 0.5) is 5.69 Å². The normalized spacial score (nSPS) is 14.8. The monoisotopic (exact) mass is 387 g/mol. The van der Waals surface area contributed by atoms with Crippen molar-refractivity contribution in [2.75, 3.05) is 33.3 Å². The van der Waals surface area contributed by atoms with Gasteiger partial charge in [0.05, 0.1) is 18.4 Å². The molecule has 0 radical (unpaired) electrons. The molecule has 0 bridgehead atoms. The molecule has 29 heavy (non-hydrogen) atoms. The highest BCUT2D eigenvalue weighted by Gasteiger charge is 2.21. The minimum Gasteiger partial charge on any atom is -0.495 e. The molecule has 1 heterocycles. The van der Waals surface area contributed by atoms with Gasteiger partial charge in [0.15, 0.2) is 5.78 Å². The van der Waals surface area contributed by atoms with Crippen LogP contribution in [0.2, 0.25) is 0 Å². The number of ether oxygens (including phenoxy) is 1.